The van der Waals surface area contributed by atoms with E-state index in [0.717, 1.165) is 0 Å². The Balaban J connectivity index is 3.29. The van der Waals surface area contributed by atoms with Crippen molar-refractivity contribution < 1.29 is 13.3 Å². The zero-order chi connectivity index (χ0) is 21.2. The first-order valence-electron chi connectivity index (χ1n) is 10.1. The number of hydrogen-bond acceptors (Lipinski definition) is 3. The molecule has 27 heavy (non-hydrogen) atoms. The van der Waals surface area contributed by atoms with Gasteiger partial charge in [-0.3, -0.25) is 0 Å². The third-order valence-corrected chi connectivity index (χ3v) is 7.18. The summed E-state index contributed by atoms with van der Waals surface area (Å²) >= 11 is 0. The zero-order valence-corrected chi connectivity index (χ0v) is 22.7. The van der Waals surface area contributed by atoms with Crippen molar-refractivity contribution in [3.63, 3.8) is 0 Å². The maximum atomic E-state index is 6.37. The predicted octanol–water partition coefficient (Wildman–Crippen LogP) is 7.42. The number of hydrogen-bond donors (Lipinski definition) is 0. The molecule has 6 heteroatoms. The van der Waals surface area contributed by atoms with E-state index in [1.165, 1.54) is 16.7 Å². The molecule has 0 aromatic heterocycles. The summed E-state index contributed by atoms with van der Waals surface area (Å²) in [7, 11) is -4.85. The fourth-order valence-electron chi connectivity index (χ4n) is 3.20. The lowest BCUT2D eigenvalue weighted by molar-refractivity contribution is 0.206. The van der Waals surface area contributed by atoms with Crippen LogP contribution in [0.4, 0.5) is 0 Å². The van der Waals surface area contributed by atoms with Gasteiger partial charge in [-0.1, -0.05) is 18.2 Å². The van der Waals surface area contributed by atoms with Crippen LogP contribution in [-0.4, -0.2) is 25.0 Å². The van der Waals surface area contributed by atoms with E-state index >= 15 is 0 Å². The maximum Gasteiger partial charge on any atom is 0.184 e. The molecular weight excluding hydrogens is 384 g/mol. The fourth-order valence-corrected chi connectivity index (χ4v) is 6.79. The molecule has 1 aromatic rings. The summed E-state index contributed by atoms with van der Waals surface area (Å²) in [5, 5.41) is 0. The Bertz CT molecular complexity index is 515. The van der Waals surface area contributed by atoms with Gasteiger partial charge in [-0.25, -0.2) is 0 Å². The maximum absolute atomic E-state index is 6.37. The molecule has 3 nitrogen and oxygen atoms in total. The lowest BCUT2D eigenvalue weighted by Gasteiger charge is -2.29. The van der Waals surface area contributed by atoms with Crippen molar-refractivity contribution in [3.05, 3.63) is 34.9 Å². The minimum atomic E-state index is -1.62. The molecule has 0 saturated carbocycles. The van der Waals surface area contributed by atoms with Crippen LogP contribution in [0.15, 0.2) is 18.2 Å². The van der Waals surface area contributed by atoms with Gasteiger partial charge in [0.05, 0.1) is 18.3 Å². The Kier molecular flexibility index (Phi) is 8.31. The molecule has 1 aromatic carbocycles. The molecule has 3 atom stereocenters. The Morgan fingerprint density at radius 1 is 0.481 bits per heavy atom. The van der Waals surface area contributed by atoms with Gasteiger partial charge >= 0.3 is 0 Å². The molecule has 0 radical (unpaired) electrons. The highest BCUT2D eigenvalue weighted by Gasteiger charge is 2.25. The largest absolute Gasteiger partial charge is 0.411 e. The molecule has 0 fully saturated rings. The van der Waals surface area contributed by atoms with Crippen molar-refractivity contribution in [1.29, 1.82) is 0 Å². The lowest BCUT2D eigenvalue weighted by atomic mass is 9.98. The standard InChI is InChI=1S/C21H42O3Si3/c1-16(22-25(4,5)6)19-13-20(17(2)23-26(7,8)9)15-21(14-19)18(3)24-27(10,11)12/h13-18H,1-12H3. The highest BCUT2D eigenvalue weighted by molar-refractivity contribution is 6.70. The van der Waals surface area contributed by atoms with E-state index in [9.17, 15) is 0 Å². The van der Waals surface area contributed by atoms with Crippen LogP contribution in [0, 0.1) is 0 Å². The molecular formula is C21H42O3Si3. The molecule has 0 aliphatic rings. The summed E-state index contributed by atoms with van der Waals surface area (Å²) in [6.07, 6.45) is 0.232. The molecule has 0 saturated heterocycles. The van der Waals surface area contributed by atoms with Crippen molar-refractivity contribution in [3.8, 4) is 0 Å². The minimum absolute atomic E-state index is 0.0773. The van der Waals surface area contributed by atoms with E-state index in [2.05, 4.69) is 97.9 Å². The van der Waals surface area contributed by atoms with Gasteiger partial charge in [0.25, 0.3) is 0 Å². The van der Waals surface area contributed by atoms with Crippen molar-refractivity contribution >= 4 is 25.0 Å². The van der Waals surface area contributed by atoms with Gasteiger partial charge in [-0.05, 0) is 96.4 Å². The summed E-state index contributed by atoms with van der Waals surface area (Å²) in [5.74, 6) is 0. The molecule has 0 heterocycles. The second kappa shape index (κ2) is 9.05. The molecule has 0 aliphatic carbocycles. The summed E-state index contributed by atoms with van der Waals surface area (Å²) in [6, 6.07) is 6.79. The molecule has 0 spiro atoms. The monoisotopic (exact) mass is 426 g/mol. The van der Waals surface area contributed by atoms with Crippen LogP contribution in [0.3, 0.4) is 0 Å². The average molecular weight is 427 g/mol. The second-order valence-electron chi connectivity index (χ2n) is 10.6. The number of benzene rings is 1. The van der Waals surface area contributed by atoms with Gasteiger partial charge in [-0.15, -0.1) is 0 Å². The summed E-state index contributed by atoms with van der Waals surface area (Å²) < 4.78 is 19.1. The van der Waals surface area contributed by atoms with Crippen LogP contribution >= 0.6 is 0 Å². The Hall–Kier alpha value is -0.249. The SMILES string of the molecule is CC(O[Si](C)(C)C)c1cc(C(C)O[Si](C)(C)C)cc(C(C)O[Si](C)(C)C)c1. The summed E-state index contributed by atoms with van der Waals surface area (Å²) in [4.78, 5) is 0. The van der Waals surface area contributed by atoms with E-state index in [1.807, 2.05) is 0 Å². The van der Waals surface area contributed by atoms with Gasteiger partial charge in [0.1, 0.15) is 0 Å². The van der Waals surface area contributed by atoms with Crippen LogP contribution < -0.4 is 0 Å². The van der Waals surface area contributed by atoms with Gasteiger partial charge in [0, 0.05) is 0 Å². The summed E-state index contributed by atoms with van der Waals surface area (Å²) in [5.41, 5.74) is 3.67. The molecule has 3 unspecified atom stereocenters. The van der Waals surface area contributed by atoms with Crippen LogP contribution in [-0.2, 0) is 13.3 Å². The van der Waals surface area contributed by atoms with E-state index < -0.39 is 25.0 Å². The first kappa shape index (κ1) is 24.8. The highest BCUT2D eigenvalue weighted by atomic mass is 28.4. The van der Waals surface area contributed by atoms with E-state index in [0.29, 0.717) is 0 Å². The molecule has 0 aliphatic heterocycles. The minimum Gasteiger partial charge on any atom is -0.411 e. The smallest absolute Gasteiger partial charge is 0.184 e. The van der Waals surface area contributed by atoms with Crippen molar-refractivity contribution in [2.24, 2.45) is 0 Å². The fraction of sp³-hybridized carbons (Fsp3) is 0.714. The Morgan fingerprint density at radius 3 is 0.815 bits per heavy atom. The second-order valence-corrected chi connectivity index (χ2v) is 23.9. The first-order chi connectivity index (χ1) is 12.0. The quantitative estimate of drug-likeness (QED) is 0.384. The van der Waals surface area contributed by atoms with Crippen LogP contribution in [0.25, 0.3) is 0 Å². The van der Waals surface area contributed by atoms with E-state index in [4.69, 9.17) is 13.3 Å². The highest BCUT2D eigenvalue weighted by Crippen LogP contribution is 2.32. The first-order valence-corrected chi connectivity index (χ1v) is 20.4. The number of rotatable bonds is 9. The van der Waals surface area contributed by atoms with Crippen molar-refractivity contribution in [1.82, 2.24) is 0 Å². The Morgan fingerprint density at radius 2 is 0.667 bits per heavy atom. The topological polar surface area (TPSA) is 27.7 Å². The van der Waals surface area contributed by atoms with E-state index in [-0.39, 0.29) is 18.3 Å². The van der Waals surface area contributed by atoms with Crippen LogP contribution in [0.2, 0.25) is 58.9 Å². The molecule has 0 amide bonds. The summed E-state index contributed by atoms with van der Waals surface area (Å²) in [6.45, 7) is 26.6. The molecule has 0 N–H and O–H groups in total. The molecule has 1 rings (SSSR count). The average Bonchev–Trinajstić information content (AvgIpc) is 2.41. The Labute approximate surface area is 171 Å². The normalized spacial score (nSPS) is 16.9. The van der Waals surface area contributed by atoms with Gasteiger partial charge in [0.15, 0.2) is 25.0 Å². The molecule has 156 valence electrons. The van der Waals surface area contributed by atoms with Gasteiger partial charge in [0.2, 0.25) is 0 Å². The van der Waals surface area contributed by atoms with Gasteiger partial charge in [-0.2, -0.15) is 0 Å². The molecule has 0 bridgehead atoms. The predicted molar refractivity (Wildman–Crippen MR) is 125 cm³/mol. The third kappa shape index (κ3) is 9.67. The van der Waals surface area contributed by atoms with Crippen molar-refractivity contribution in [2.75, 3.05) is 0 Å². The lowest BCUT2D eigenvalue weighted by Crippen LogP contribution is -2.29. The van der Waals surface area contributed by atoms with E-state index in [1.54, 1.807) is 0 Å². The van der Waals surface area contributed by atoms with Crippen LogP contribution in [0.1, 0.15) is 55.8 Å². The van der Waals surface area contributed by atoms with Crippen molar-refractivity contribution in [2.45, 2.75) is 98.0 Å². The van der Waals surface area contributed by atoms with Crippen LogP contribution in [0.5, 0.6) is 0 Å². The third-order valence-electron chi connectivity index (χ3n) is 4.00. The zero-order valence-electron chi connectivity index (χ0n) is 19.7. The van der Waals surface area contributed by atoms with Gasteiger partial charge < -0.3 is 13.3 Å².